The molecule has 0 spiro atoms. The Morgan fingerprint density at radius 1 is 0.319 bits per heavy atom. The van der Waals surface area contributed by atoms with Crippen LogP contribution in [0.25, 0.3) is 22.9 Å². The fourth-order valence-electron chi connectivity index (χ4n) is 6.09. The van der Waals surface area contributed by atoms with Crippen LogP contribution in [0.4, 0.5) is 34.1 Å². The summed E-state index contributed by atoms with van der Waals surface area (Å²) in [6.45, 7) is 6.41. The van der Waals surface area contributed by atoms with Gasteiger partial charge in [-0.2, -0.15) is 0 Å². The SMILES string of the molecule is Cc1ccc(N(c2ccc(C)cc2)c2cccc3c(N(c4ccc(C)cc4)c4ccc(/C=C/c5ccccc5)cc4)cccc23)cc1. The van der Waals surface area contributed by atoms with E-state index in [0.717, 1.165) is 39.7 Å². The lowest BCUT2D eigenvalue weighted by molar-refractivity contribution is 1.27. The first kappa shape index (κ1) is 29.8. The van der Waals surface area contributed by atoms with Crippen LogP contribution in [0.5, 0.6) is 0 Å². The highest BCUT2D eigenvalue weighted by Gasteiger charge is 2.19. The summed E-state index contributed by atoms with van der Waals surface area (Å²) in [5.74, 6) is 0. The summed E-state index contributed by atoms with van der Waals surface area (Å²) >= 11 is 0. The summed E-state index contributed by atoms with van der Waals surface area (Å²) in [5, 5.41) is 2.37. The smallest absolute Gasteiger partial charge is 0.0540 e. The van der Waals surface area contributed by atoms with Gasteiger partial charge in [0, 0.05) is 33.5 Å². The molecule has 0 bridgehead atoms. The molecule has 0 saturated heterocycles. The molecule has 0 aromatic heterocycles. The molecule has 0 heterocycles. The Balaban J connectivity index is 1.36. The van der Waals surface area contributed by atoms with E-state index in [-0.39, 0.29) is 0 Å². The highest BCUT2D eigenvalue weighted by atomic mass is 15.2. The van der Waals surface area contributed by atoms with Crippen LogP contribution in [0.1, 0.15) is 27.8 Å². The van der Waals surface area contributed by atoms with Gasteiger partial charge in [0.05, 0.1) is 11.4 Å². The molecule has 0 N–H and O–H groups in total. The van der Waals surface area contributed by atoms with E-state index in [4.69, 9.17) is 0 Å². The predicted octanol–water partition coefficient (Wildman–Crippen LogP) is 12.9. The van der Waals surface area contributed by atoms with Gasteiger partial charge < -0.3 is 9.80 Å². The fraction of sp³-hybridized carbons (Fsp3) is 0.0667. The first-order valence-electron chi connectivity index (χ1n) is 16.2. The highest BCUT2D eigenvalue weighted by Crippen LogP contribution is 2.44. The van der Waals surface area contributed by atoms with Gasteiger partial charge in [-0.15, -0.1) is 0 Å². The van der Waals surface area contributed by atoms with Crippen LogP contribution in [-0.2, 0) is 0 Å². The maximum Gasteiger partial charge on any atom is 0.0540 e. The zero-order chi connectivity index (χ0) is 32.2. The van der Waals surface area contributed by atoms with E-state index < -0.39 is 0 Å². The molecule has 0 aliphatic rings. The van der Waals surface area contributed by atoms with Gasteiger partial charge in [-0.3, -0.25) is 0 Å². The van der Waals surface area contributed by atoms with Crippen molar-refractivity contribution in [3.05, 3.63) is 192 Å². The number of nitrogens with zero attached hydrogens (tertiary/aromatic N) is 2. The molecule has 7 rings (SSSR count). The normalized spacial score (nSPS) is 11.2. The van der Waals surface area contributed by atoms with E-state index in [2.05, 4.69) is 200 Å². The van der Waals surface area contributed by atoms with E-state index in [1.807, 2.05) is 6.07 Å². The number of anilines is 6. The van der Waals surface area contributed by atoms with Crippen LogP contribution in [-0.4, -0.2) is 0 Å². The highest BCUT2D eigenvalue weighted by molar-refractivity contribution is 6.06. The Morgan fingerprint density at radius 3 is 1.04 bits per heavy atom. The van der Waals surface area contributed by atoms with Gasteiger partial charge in [-0.05, 0) is 92.6 Å². The van der Waals surface area contributed by atoms with Crippen molar-refractivity contribution in [3.8, 4) is 0 Å². The Morgan fingerprint density at radius 2 is 0.660 bits per heavy atom. The predicted molar refractivity (Wildman–Crippen MR) is 203 cm³/mol. The number of aryl methyl sites for hydroxylation is 3. The monoisotopic (exact) mass is 606 g/mol. The topological polar surface area (TPSA) is 6.48 Å². The third kappa shape index (κ3) is 6.45. The second-order valence-electron chi connectivity index (χ2n) is 12.2. The first-order valence-corrected chi connectivity index (χ1v) is 16.2. The van der Waals surface area contributed by atoms with E-state index in [1.54, 1.807) is 0 Å². The summed E-state index contributed by atoms with van der Waals surface area (Å²) in [5.41, 5.74) is 12.8. The van der Waals surface area contributed by atoms with Crippen LogP contribution in [0, 0.1) is 20.8 Å². The number of rotatable bonds is 8. The van der Waals surface area contributed by atoms with Crippen LogP contribution < -0.4 is 9.80 Å². The van der Waals surface area contributed by atoms with Gasteiger partial charge in [0.2, 0.25) is 0 Å². The molecule has 0 amide bonds. The molecular weight excluding hydrogens is 569 g/mol. The molecule has 0 fully saturated rings. The molecule has 2 nitrogen and oxygen atoms in total. The Kier molecular flexibility index (Phi) is 8.41. The van der Waals surface area contributed by atoms with E-state index >= 15 is 0 Å². The molecule has 47 heavy (non-hydrogen) atoms. The molecule has 0 saturated carbocycles. The third-order valence-corrected chi connectivity index (χ3v) is 8.65. The molecule has 0 aliphatic heterocycles. The van der Waals surface area contributed by atoms with E-state index in [9.17, 15) is 0 Å². The minimum atomic E-state index is 1.11. The lowest BCUT2D eigenvalue weighted by atomic mass is 10.0. The van der Waals surface area contributed by atoms with Gasteiger partial charge in [0.25, 0.3) is 0 Å². The minimum Gasteiger partial charge on any atom is -0.310 e. The molecular formula is C45H38N2. The first-order chi connectivity index (χ1) is 23.0. The maximum atomic E-state index is 2.37. The van der Waals surface area contributed by atoms with Gasteiger partial charge in [0.15, 0.2) is 0 Å². The summed E-state index contributed by atoms with van der Waals surface area (Å²) in [6, 6.07) is 59.0. The second-order valence-corrected chi connectivity index (χ2v) is 12.2. The Labute approximate surface area is 278 Å². The molecule has 0 aliphatic carbocycles. The summed E-state index contributed by atoms with van der Waals surface area (Å²) in [4.78, 5) is 4.74. The zero-order valence-electron chi connectivity index (χ0n) is 27.1. The molecule has 228 valence electrons. The standard InChI is InChI=1S/C45H38N2/c1-33-15-25-38(26-16-33)46(39-27-17-34(2)18-28-39)44-13-7-12-43-42(44)11-8-14-45(43)47(40-29-19-35(3)20-30-40)41-31-23-37(24-32-41)22-21-36-9-5-4-6-10-36/h4-32H,1-3H3/b22-21+. The van der Waals surface area contributed by atoms with Crippen molar-refractivity contribution in [2.24, 2.45) is 0 Å². The average molecular weight is 607 g/mol. The molecule has 7 aromatic rings. The fourth-order valence-corrected chi connectivity index (χ4v) is 6.09. The summed E-state index contributed by atoms with van der Waals surface area (Å²) < 4.78 is 0. The van der Waals surface area contributed by atoms with Gasteiger partial charge in [-0.1, -0.05) is 132 Å². The number of hydrogen-bond acceptors (Lipinski definition) is 2. The minimum absolute atomic E-state index is 1.11. The largest absolute Gasteiger partial charge is 0.310 e. The lowest BCUT2D eigenvalue weighted by Crippen LogP contribution is -2.12. The second kappa shape index (κ2) is 13.2. The molecule has 0 radical (unpaired) electrons. The van der Waals surface area contributed by atoms with Crippen molar-refractivity contribution < 1.29 is 0 Å². The number of benzene rings is 7. The van der Waals surface area contributed by atoms with E-state index in [0.29, 0.717) is 0 Å². The maximum absolute atomic E-state index is 2.37. The Hall–Kier alpha value is -5.86. The van der Waals surface area contributed by atoms with Crippen LogP contribution >= 0.6 is 0 Å². The number of fused-ring (bicyclic) bond motifs is 1. The van der Waals surface area contributed by atoms with Crippen molar-refractivity contribution in [3.63, 3.8) is 0 Å². The quantitative estimate of drug-likeness (QED) is 0.159. The summed E-state index contributed by atoms with van der Waals surface area (Å²) in [6.07, 6.45) is 4.33. The van der Waals surface area contributed by atoms with Gasteiger partial charge in [-0.25, -0.2) is 0 Å². The van der Waals surface area contributed by atoms with Crippen LogP contribution in [0.15, 0.2) is 164 Å². The lowest BCUT2D eigenvalue weighted by Gasteiger charge is -2.30. The number of hydrogen-bond donors (Lipinski definition) is 0. The average Bonchev–Trinajstić information content (AvgIpc) is 3.11. The van der Waals surface area contributed by atoms with Crippen molar-refractivity contribution in [1.29, 1.82) is 0 Å². The third-order valence-electron chi connectivity index (χ3n) is 8.65. The molecule has 0 atom stereocenters. The molecule has 0 unspecified atom stereocenters. The van der Waals surface area contributed by atoms with Crippen LogP contribution in [0.2, 0.25) is 0 Å². The van der Waals surface area contributed by atoms with Crippen LogP contribution in [0.3, 0.4) is 0 Å². The Bertz CT molecular complexity index is 2080. The van der Waals surface area contributed by atoms with Gasteiger partial charge >= 0.3 is 0 Å². The van der Waals surface area contributed by atoms with Gasteiger partial charge in [0.1, 0.15) is 0 Å². The van der Waals surface area contributed by atoms with E-state index in [1.165, 1.54) is 33.0 Å². The van der Waals surface area contributed by atoms with Crippen molar-refractivity contribution in [1.82, 2.24) is 0 Å². The van der Waals surface area contributed by atoms with Crippen molar-refractivity contribution >= 4 is 57.0 Å². The molecule has 2 heteroatoms. The zero-order valence-corrected chi connectivity index (χ0v) is 27.1. The van der Waals surface area contributed by atoms with Crippen molar-refractivity contribution in [2.45, 2.75) is 20.8 Å². The van der Waals surface area contributed by atoms with Crippen molar-refractivity contribution in [2.75, 3.05) is 9.80 Å². The molecule has 7 aromatic carbocycles. The summed E-state index contributed by atoms with van der Waals surface area (Å²) in [7, 11) is 0.